The van der Waals surface area contributed by atoms with Crippen LogP contribution >= 0.6 is 0 Å². The Balaban J connectivity index is 2.21. The van der Waals surface area contributed by atoms with Crippen LogP contribution in [0.4, 0.5) is 0 Å². The van der Waals surface area contributed by atoms with Crippen LogP contribution in [0.5, 0.6) is 11.5 Å². The number of benzene rings is 1. The molecule has 16 heavy (non-hydrogen) atoms. The van der Waals surface area contributed by atoms with E-state index in [1.165, 1.54) is 12.8 Å². The van der Waals surface area contributed by atoms with Gasteiger partial charge >= 0.3 is 0 Å². The molecule has 0 saturated carbocycles. The van der Waals surface area contributed by atoms with E-state index in [0.29, 0.717) is 17.5 Å². The van der Waals surface area contributed by atoms with Crippen LogP contribution in [0.3, 0.4) is 0 Å². The zero-order valence-electron chi connectivity index (χ0n) is 9.92. The van der Waals surface area contributed by atoms with Gasteiger partial charge in [0.25, 0.3) is 0 Å². The van der Waals surface area contributed by atoms with Gasteiger partial charge in [0.15, 0.2) is 11.5 Å². The summed E-state index contributed by atoms with van der Waals surface area (Å²) < 4.78 is 5.16. The minimum atomic E-state index is 0.293. The smallest absolute Gasteiger partial charge is 0.161 e. The maximum Gasteiger partial charge on any atom is 0.161 e. The third-order valence-electron chi connectivity index (χ3n) is 3.15. The maximum atomic E-state index is 10.0. The van der Waals surface area contributed by atoms with Gasteiger partial charge in [0, 0.05) is 6.04 Å². The summed E-state index contributed by atoms with van der Waals surface area (Å²) in [4.78, 5) is 0. The monoisotopic (exact) mass is 221 g/mol. The van der Waals surface area contributed by atoms with Crippen LogP contribution in [-0.4, -0.2) is 24.8 Å². The van der Waals surface area contributed by atoms with Crippen LogP contribution in [0.1, 0.15) is 24.0 Å². The average molecular weight is 221 g/mol. The van der Waals surface area contributed by atoms with Crippen LogP contribution in [0.25, 0.3) is 0 Å². The molecule has 0 aliphatic carbocycles. The lowest BCUT2D eigenvalue weighted by molar-refractivity contribution is 0.369. The molecule has 1 aromatic carbocycles. The SMILES string of the molecule is COc1cc(C)cc(CC2CCCN2)c1O. The van der Waals surface area contributed by atoms with Crippen molar-refractivity contribution in [3.8, 4) is 11.5 Å². The van der Waals surface area contributed by atoms with Gasteiger partial charge in [-0.1, -0.05) is 6.07 Å². The molecule has 1 aromatic rings. The molecule has 0 spiro atoms. The first-order valence-electron chi connectivity index (χ1n) is 5.80. The van der Waals surface area contributed by atoms with Crippen LogP contribution in [0.15, 0.2) is 12.1 Å². The van der Waals surface area contributed by atoms with Crippen molar-refractivity contribution < 1.29 is 9.84 Å². The lowest BCUT2D eigenvalue weighted by atomic mass is 10.0. The van der Waals surface area contributed by atoms with Gasteiger partial charge < -0.3 is 15.2 Å². The number of methoxy groups -OCH3 is 1. The Morgan fingerprint density at radius 1 is 1.50 bits per heavy atom. The van der Waals surface area contributed by atoms with Crippen molar-refractivity contribution in [3.63, 3.8) is 0 Å². The van der Waals surface area contributed by atoms with Gasteiger partial charge in [-0.25, -0.2) is 0 Å². The Hall–Kier alpha value is -1.22. The quantitative estimate of drug-likeness (QED) is 0.820. The first-order chi connectivity index (χ1) is 7.70. The fourth-order valence-electron chi connectivity index (χ4n) is 2.33. The maximum absolute atomic E-state index is 10.0. The second-order valence-electron chi connectivity index (χ2n) is 4.47. The first kappa shape index (κ1) is 11.3. The van der Waals surface area contributed by atoms with Crippen molar-refractivity contribution in [2.24, 2.45) is 0 Å². The lowest BCUT2D eigenvalue weighted by Crippen LogP contribution is -2.23. The average Bonchev–Trinajstić information content (AvgIpc) is 2.75. The Morgan fingerprint density at radius 2 is 2.31 bits per heavy atom. The van der Waals surface area contributed by atoms with E-state index in [1.807, 2.05) is 19.1 Å². The second-order valence-corrected chi connectivity index (χ2v) is 4.47. The zero-order valence-corrected chi connectivity index (χ0v) is 9.92. The van der Waals surface area contributed by atoms with E-state index >= 15 is 0 Å². The normalized spacial score (nSPS) is 20.0. The number of phenols is 1. The van der Waals surface area contributed by atoms with Crippen molar-refractivity contribution in [2.45, 2.75) is 32.2 Å². The van der Waals surface area contributed by atoms with E-state index < -0.39 is 0 Å². The van der Waals surface area contributed by atoms with Crippen molar-refractivity contribution >= 4 is 0 Å². The highest BCUT2D eigenvalue weighted by Crippen LogP contribution is 2.32. The van der Waals surface area contributed by atoms with Crippen LogP contribution in [0, 0.1) is 6.92 Å². The van der Waals surface area contributed by atoms with E-state index in [0.717, 1.165) is 24.1 Å². The minimum Gasteiger partial charge on any atom is -0.504 e. The molecule has 0 bridgehead atoms. The predicted molar refractivity (Wildman–Crippen MR) is 64.1 cm³/mol. The van der Waals surface area contributed by atoms with Crippen LogP contribution in [-0.2, 0) is 6.42 Å². The fraction of sp³-hybridized carbons (Fsp3) is 0.538. The summed E-state index contributed by atoms with van der Waals surface area (Å²) in [6.45, 7) is 3.11. The molecule has 3 nitrogen and oxygen atoms in total. The Morgan fingerprint density at radius 3 is 2.94 bits per heavy atom. The summed E-state index contributed by atoms with van der Waals surface area (Å²) in [6.07, 6.45) is 3.30. The van der Waals surface area contributed by atoms with E-state index in [9.17, 15) is 5.11 Å². The number of ether oxygens (including phenoxy) is 1. The molecule has 1 unspecified atom stereocenters. The predicted octanol–water partition coefficient (Wildman–Crippen LogP) is 2.00. The second kappa shape index (κ2) is 4.74. The van der Waals surface area contributed by atoms with E-state index in [2.05, 4.69) is 5.32 Å². The molecule has 0 radical (unpaired) electrons. The molecule has 0 amide bonds. The number of hydrogen-bond donors (Lipinski definition) is 2. The largest absolute Gasteiger partial charge is 0.504 e. The molecule has 1 aliphatic rings. The van der Waals surface area contributed by atoms with Gasteiger partial charge in [-0.05, 0) is 49.9 Å². The number of aryl methyl sites for hydroxylation is 1. The van der Waals surface area contributed by atoms with Crippen molar-refractivity contribution in [1.29, 1.82) is 0 Å². The number of hydrogen-bond acceptors (Lipinski definition) is 3. The summed E-state index contributed by atoms with van der Waals surface area (Å²) in [5.74, 6) is 0.870. The molecule has 1 atom stereocenters. The van der Waals surface area contributed by atoms with Gasteiger partial charge in [-0.3, -0.25) is 0 Å². The standard InChI is InChI=1S/C13H19NO2/c1-9-6-10(8-11-4-3-5-14-11)13(15)12(7-9)16-2/h6-7,11,14-15H,3-5,8H2,1-2H3. The summed E-state index contributed by atoms with van der Waals surface area (Å²) >= 11 is 0. The Labute approximate surface area is 96.4 Å². The van der Waals surface area contributed by atoms with Gasteiger partial charge in [-0.2, -0.15) is 0 Å². The summed E-state index contributed by atoms with van der Waals surface area (Å²) in [5, 5.41) is 13.5. The third-order valence-corrected chi connectivity index (χ3v) is 3.15. The minimum absolute atomic E-state index is 0.293. The first-order valence-corrected chi connectivity index (χ1v) is 5.80. The molecule has 3 heteroatoms. The van der Waals surface area contributed by atoms with Crippen molar-refractivity contribution in [2.75, 3.05) is 13.7 Å². The molecule has 2 N–H and O–H groups in total. The van der Waals surface area contributed by atoms with Crippen molar-refractivity contribution in [1.82, 2.24) is 5.32 Å². The van der Waals surface area contributed by atoms with E-state index in [1.54, 1.807) is 7.11 Å². The number of aromatic hydroxyl groups is 1. The third kappa shape index (κ3) is 2.30. The highest BCUT2D eigenvalue weighted by Gasteiger charge is 2.18. The molecule has 1 fully saturated rings. The molecule has 2 rings (SSSR count). The fourth-order valence-corrected chi connectivity index (χ4v) is 2.33. The summed E-state index contributed by atoms with van der Waals surface area (Å²) in [5.41, 5.74) is 2.11. The lowest BCUT2D eigenvalue weighted by Gasteiger charge is -2.14. The molecular formula is C13H19NO2. The molecule has 1 aliphatic heterocycles. The van der Waals surface area contributed by atoms with Crippen LogP contribution < -0.4 is 10.1 Å². The molecule has 88 valence electrons. The topological polar surface area (TPSA) is 41.5 Å². The summed E-state index contributed by atoms with van der Waals surface area (Å²) in [7, 11) is 1.59. The zero-order chi connectivity index (χ0) is 11.5. The Kier molecular flexibility index (Phi) is 3.34. The number of nitrogens with one attached hydrogen (secondary N) is 1. The molecular weight excluding hydrogens is 202 g/mol. The van der Waals surface area contributed by atoms with Gasteiger partial charge in [0.05, 0.1) is 7.11 Å². The van der Waals surface area contributed by atoms with E-state index in [-0.39, 0.29) is 0 Å². The molecule has 1 heterocycles. The van der Waals surface area contributed by atoms with Gasteiger partial charge in [0.1, 0.15) is 0 Å². The van der Waals surface area contributed by atoms with Gasteiger partial charge in [0.2, 0.25) is 0 Å². The van der Waals surface area contributed by atoms with Gasteiger partial charge in [-0.15, -0.1) is 0 Å². The highest BCUT2D eigenvalue weighted by atomic mass is 16.5. The highest BCUT2D eigenvalue weighted by molar-refractivity contribution is 5.48. The Bertz CT molecular complexity index is 370. The van der Waals surface area contributed by atoms with Crippen molar-refractivity contribution in [3.05, 3.63) is 23.3 Å². The van der Waals surface area contributed by atoms with E-state index in [4.69, 9.17) is 4.74 Å². The molecule has 1 saturated heterocycles. The summed E-state index contributed by atoms with van der Waals surface area (Å²) in [6, 6.07) is 4.40. The number of phenolic OH excluding ortho intramolecular Hbond substituents is 1. The number of rotatable bonds is 3. The molecule has 0 aromatic heterocycles. The van der Waals surface area contributed by atoms with Crippen LogP contribution in [0.2, 0.25) is 0 Å².